The molecular weight excluding hydrogens is 456 g/mol. The maximum absolute atomic E-state index is 13.0. The Balaban J connectivity index is 1.75. The fraction of sp³-hybridized carbons (Fsp3) is 0.0952. The van der Waals surface area contributed by atoms with E-state index >= 15 is 0 Å². The standard InChI is InChI=1S/C21H17ClN4O3S2/c1-12(27)13-3-6-15(7-4-13)31(28,29)26-19-16(9-10-24-20(19)22)14-5-8-17-18(11-14)30-21(23-2)25-17/h3-11,26H,1-2H3,(H,23,25). The highest BCUT2D eigenvalue weighted by molar-refractivity contribution is 7.92. The number of thiazole rings is 1. The molecule has 31 heavy (non-hydrogen) atoms. The third-order valence-corrected chi connectivity index (χ3v) is 7.31. The van der Waals surface area contributed by atoms with Crippen LogP contribution in [0.5, 0.6) is 0 Å². The van der Waals surface area contributed by atoms with Crippen LogP contribution in [-0.2, 0) is 10.0 Å². The number of fused-ring (bicyclic) bond motifs is 1. The number of sulfonamides is 1. The largest absolute Gasteiger partial charge is 0.365 e. The zero-order valence-electron chi connectivity index (χ0n) is 16.5. The molecule has 2 N–H and O–H groups in total. The summed E-state index contributed by atoms with van der Waals surface area (Å²) in [5.74, 6) is -0.144. The number of carbonyl (C=O) groups is 1. The van der Waals surface area contributed by atoms with Crippen LogP contribution in [0.4, 0.5) is 10.8 Å². The molecule has 0 spiro atoms. The molecule has 0 bridgehead atoms. The molecule has 0 fully saturated rings. The summed E-state index contributed by atoms with van der Waals surface area (Å²) in [6.07, 6.45) is 1.52. The minimum atomic E-state index is -3.96. The lowest BCUT2D eigenvalue weighted by molar-refractivity contribution is 0.101. The molecule has 2 heterocycles. The quantitative estimate of drug-likeness (QED) is 0.300. The van der Waals surface area contributed by atoms with Crippen LogP contribution >= 0.6 is 22.9 Å². The minimum Gasteiger partial charge on any atom is -0.365 e. The maximum Gasteiger partial charge on any atom is 0.262 e. The molecule has 10 heteroatoms. The second-order valence-electron chi connectivity index (χ2n) is 6.66. The highest BCUT2D eigenvalue weighted by Crippen LogP contribution is 2.37. The molecule has 0 unspecified atom stereocenters. The molecule has 0 aliphatic carbocycles. The molecular formula is C21H17ClN4O3S2. The van der Waals surface area contributed by atoms with E-state index in [9.17, 15) is 13.2 Å². The molecule has 0 saturated carbocycles. The summed E-state index contributed by atoms with van der Waals surface area (Å²) in [5, 5.41) is 3.84. The summed E-state index contributed by atoms with van der Waals surface area (Å²) >= 11 is 7.77. The van der Waals surface area contributed by atoms with E-state index in [2.05, 4.69) is 20.0 Å². The van der Waals surface area contributed by atoms with E-state index in [1.165, 1.54) is 48.7 Å². The van der Waals surface area contributed by atoms with Crippen molar-refractivity contribution in [1.82, 2.24) is 9.97 Å². The zero-order chi connectivity index (χ0) is 22.2. The molecule has 4 rings (SSSR count). The Morgan fingerprint density at radius 1 is 1.10 bits per heavy atom. The van der Waals surface area contributed by atoms with Crippen molar-refractivity contribution in [1.29, 1.82) is 0 Å². The number of Topliss-reactive ketones (excluding diaryl/α,β-unsaturated/α-hetero) is 1. The number of rotatable bonds is 6. The average Bonchev–Trinajstić information content (AvgIpc) is 3.17. The Bertz CT molecular complexity index is 1400. The van der Waals surface area contributed by atoms with Crippen LogP contribution in [0, 0.1) is 0 Å². The van der Waals surface area contributed by atoms with Crippen molar-refractivity contribution < 1.29 is 13.2 Å². The first kappa shape index (κ1) is 21.2. The predicted molar refractivity (Wildman–Crippen MR) is 125 cm³/mol. The average molecular weight is 473 g/mol. The van der Waals surface area contributed by atoms with Crippen molar-refractivity contribution in [3.05, 3.63) is 65.4 Å². The Kier molecular flexibility index (Phi) is 5.65. The number of hydrogen-bond acceptors (Lipinski definition) is 7. The molecule has 0 aliphatic heterocycles. The van der Waals surface area contributed by atoms with Crippen molar-refractivity contribution in [2.75, 3.05) is 17.1 Å². The number of ketones is 1. The number of carbonyl (C=O) groups excluding carboxylic acids is 1. The molecule has 4 aromatic rings. The number of nitrogens with zero attached hydrogens (tertiary/aromatic N) is 2. The third-order valence-electron chi connectivity index (χ3n) is 4.63. The van der Waals surface area contributed by atoms with Crippen LogP contribution < -0.4 is 10.0 Å². The number of benzene rings is 2. The predicted octanol–water partition coefficient (Wildman–Crippen LogP) is 5.06. The molecule has 2 aromatic heterocycles. The van der Waals surface area contributed by atoms with Crippen LogP contribution in [0.1, 0.15) is 17.3 Å². The Hall–Kier alpha value is -3.01. The van der Waals surface area contributed by atoms with Gasteiger partial charge in [-0.2, -0.15) is 0 Å². The van der Waals surface area contributed by atoms with Gasteiger partial charge in [0, 0.05) is 24.4 Å². The number of pyridine rings is 1. The van der Waals surface area contributed by atoms with E-state index in [1.807, 2.05) is 18.2 Å². The van der Waals surface area contributed by atoms with Crippen LogP contribution in [0.3, 0.4) is 0 Å². The van der Waals surface area contributed by atoms with Crippen molar-refractivity contribution in [3.8, 4) is 11.1 Å². The van der Waals surface area contributed by atoms with Gasteiger partial charge in [-0.3, -0.25) is 9.52 Å². The number of hydrogen-bond donors (Lipinski definition) is 2. The summed E-state index contributed by atoms with van der Waals surface area (Å²) in [6, 6.07) is 13.1. The summed E-state index contributed by atoms with van der Waals surface area (Å²) in [6.45, 7) is 1.42. The molecule has 0 amide bonds. The van der Waals surface area contributed by atoms with Crippen LogP contribution in [-0.4, -0.2) is 31.2 Å². The van der Waals surface area contributed by atoms with Crippen molar-refractivity contribution in [2.24, 2.45) is 0 Å². The molecule has 0 aliphatic rings. The van der Waals surface area contributed by atoms with Gasteiger partial charge in [0.2, 0.25) is 0 Å². The highest BCUT2D eigenvalue weighted by atomic mass is 35.5. The summed E-state index contributed by atoms with van der Waals surface area (Å²) in [4.78, 5) is 20.0. The van der Waals surface area contributed by atoms with Crippen molar-refractivity contribution in [2.45, 2.75) is 11.8 Å². The van der Waals surface area contributed by atoms with Crippen LogP contribution in [0.15, 0.2) is 59.6 Å². The van der Waals surface area contributed by atoms with E-state index in [1.54, 1.807) is 13.1 Å². The molecule has 2 aromatic carbocycles. The maximum atomic E-state index is 13.0. The summed E-state index contributed by atoms with van der Waals surface area (Å²) in [5.41, 5.74) is 2.80. The van der Waals surface area contributed by atoms with Gasteiger partial charge in [-0.25, -0.2) is 18.4 Å². The minimum absolute atomic E-state index is 0.0138. The Labute approximate surface area is 188 Å². The van der Waals surface area contributed by atoms with E-state index in [0.717, 1.165) is 20.9 Å². The zero-order valence-corrected chi connectivity index (χ0v) is 18.9. The van der Waals surface area contributed by atoms with Crippen LogP contribution in [0.25, 0.3) is 21.3 Å². The Morgan fingerprint density at radius 2 is 1.84 bits per heavy atom. The monoisotopic (exact) mass is 472 g/mol. The van der Waals surface area contributed by atoms with Crippen LogP contribution in [0.2, 0.25) is 5.15 Å². The summed E-state index contributed by atoms with van der Waals surface area (Å²) < 4.78 is 29.4. The highest BCUT2D eigenvalue weighted by Gasteiger charge is 2.20. The van der Waals surface area contributed by atoms with Crippen molar-refractivity contribution in [3.63, 3.8) is 0 Å². The van der Waals surface area contributed by atoms with Gasteiger partial charge < -0.3 is 5.32 Å². The lowest BCUT2D eigenvalue weighted by atomic mass is 10.1. The first-order chi connectivity index (χ1) is 14.8. The van der Waals surface area contributed by atoms with Gasteiger partial charge in [-0.1, -0.05) is 41.1 Å². The van der Waals surface area contributed by atoms with Gasteiger partial charge in [0.25, 0.3) is 10.0 Å². The first-order valence-electron chi connectivity index (χ1n) is 9.15. The second-order valence-corrected chi connectivity index (χ2v) is 9.73. The van der Waals surface area contributed by atoms with Gasteiger partial charge >= 0.3 is 0 Å². The van der Waals surface area contributed by atoms with Gasteiger partial charge in [0.1, 0.15) is 0 Å². The molecule has 0 radical (unpaired) electrons. The van der Waals surface area contributed by atoms with E-state index in [0.29, 0.717) is 11.1 Å². The fourth-order valence-corrected chi connectivity index (χ4v) is 5.24. The number of halogens is 1. The Morgan fingerprint density at radius 3 is 2.52 bits per heavy atom. The third kappa shape index (κ3) is 4.25. The first-order valence-corrected chi connectivity index (χ1v) is 11.8. The van der Waals surface area contributed by atoms with Gasteiger partial charge in [-0.05, 0) is 42.8 Å². The normalized spacial score (nSPS) is 11.5. The summed E-state index contributed by atoms with van der Waals surface area (Å²) in [7, 11) is -2.15. The topological polar surface area (TPSA) is 101 Å². The molecule has 7 nitrogen and oxygen atoms in total. The van der Waals surface area contributed by atoms with E-state index in [4.69, 9.17) is 11.6 Å². The molecule has 158 valence electrons. The lowest BCUT2D eigenvalue weighted by Gasteiger charge is -2.14. The number of anilines is 2. The van der Waals surface area contributed by atoms with Crippen molar-refractivity contribution >= 4 is 59.8 Å². The second kappa shape index (κ2) is 8.26. The number of nitrogens with one attached hydrogen (secondary N) is 2. The van der Waals surface area contributed by atoms with E-state index in [-0.39, 0.29) is 21.5 Å². The van der Waals surface area contributed by atoms with Gasteiger partial charge in [-0.15, -0.1) is 0 Å². The van der Waals surface area contributed by atoms with Gasteiger partial charge in [0.15, 0.2) is 16.1 Å². The molecule has 0 atom stereocenters. The number of aromatic nitrogens is 2. The fourth-order valence-electron chi connectivity index (χ4n) is 3.04. The lowest BCUT2D eigenvalue weighted by Crippen LogP contribution is -2.14. The SMILES string of the molecule is CNc1nc2ccc(-c3ccnc(Cl)c3NS(=O)(=O)c3ccc(C(C)=O)cc3)cc2s1. The van der Waals surface area contributed by atoms with Gasteiger partial charge in [0.05, 0.1) is 20.8 Å². The smallest absolute Gasteiger partial charge is 0.262 e. The van der Waals surface area contributed by atoms with E-state index < -0.39 is 10.0 Å². The molecule has 0 saturated heterocycles.